The quantitative estimate of drug-likeness (QED) is 0.333. The van der Waals surface area contributed by atoms with Crippen molar-refractivity contribution in [2.45, 2.75) is 78.6 Å². The predicted molar refractivity (Wildman–Crippen MR) is 79.4 cm³/mol. The summed E-state index contributed by atoms with van der Waals surface area (Å²) in [7, 11) is 2.46. The maximum atomic E-state index is 2.46. The Labute approximate surface area is 110 Å². The summed E-state index contributed by atoms with van der Waals surface area (Å²) in [5.74, 6) is 0. The Morgan fingerprint density at radius 3 is 1.65 bits per heavy atom. The van der Waals surface area contributed by atoms with Crippen LogP contribution in [0.2, 0.25) is 0 Å². The molecule has 1 unspecified atom stereocenters. The fourth-order valence-electron chi connectivity index (χ4n) is 2.69. The molecule has 0 rings (SSSR count). The molecule has 0 amide bonds. The molecule has 0 radical (unpaired) electrons. The van der Waals surface area contributed by atoms with Crippen LogP contribution in [0.1, 0.15) is 78.6 Å². The molecule has 0 saturated heterocycles. The SMILES string of the molecule is CCCCCCCC[N+](C)(CCC)CCCC. The average molecular weight is 242 g/mol. The number of quaternary nitrogens is 1. The van der Waals surface area contributed by atoms with E-state index in [1.165, 1.54) is 81.9 Å². The van der Waals surface area contributed by atoms with Crippen LogP contribution >= 0.6 is 0 Å². The zero-order valence-electron chi connectivity index (χ0n) is 12.9. The lowest BCUT2D eigenvalue weighted by Crippen LogP contribution is -2.46. The molecule has 17 heavy (non-hydrogen) atoms. The summed E-state index contributed by atoms with van der Waals surface area (Å²) >= 11 is 0. The van der Waals surface area contributed by atoms with Crippen molar-refractivity contribution >= 4 is 0 Å². The lowest BCUT2D eigenvalue weighted by atomic mass is 10.1. The summed E-state index contributed by atoms with van der Waals surface area (Å²) in [5.41, 5.74) is 0. The Bertz CT molecular complexity index is 156. The highest BCUT2D eigenvalue weighted by Crippen LogP contribution is 2.12. The van der Waals surface area contributed by atoms with E-state index in [0.29, 0.717) is 0 Å². The molecular weight excluding hydrogens is 206 g/mol. The zero-order valence-corrected chi connectivity index (χ0v) is 12.9. The van der Waals surface area contributed by atoms with Gasteiger partial charge in [-0.3, -0.25) is 0 Å². The predicted octanol–water partition coefficient (Wildman–Crippen LogP) is 5.00. The van der Waals surface area contributed by atoms with Crippen molar-refractivity contribution in [1.29, 1.82) is 0 Å². The minimum atomic E-state index is 1.32. The second kappa shape index (κ2) is 11.1. The molecule has 0 spiro atoms. The molecule has 1 nitrogen and oxygen atoms in total. The first kappa shape index (κ1) is 17.0. The van der Waals surface area contributed by atoms with Crippen LogP contribution in [0, 0.1) is 0 Å². The Hall–Kier alpha value is -0.0400. The van der Waals surface area contributed by atoms with Gasteiger partial charge in [-0.25, -0.2) is 0 Å². The van der Waals surface area contributed by atoms with E-state index in [1.54, 1.807) is 0 Å². The first-order valence-electron chi connectivity index (χ1n) is 8.02. The van der Waals surface area contributed by atoms with Gasteiger partial charge < -0.3 is 4.48 Å². The van der Waals surface area contributed by atoms with Crippen molar-refractivity contribution in [2.24, 2.45) is 0 Å². The van der Waals surface area contributed by atoms with Gasteiger partial charge in [-0.2, -0.15) is 0 Å². The van der Waals surface area contributed by atoms with E-state index in [0.717, 1.165) is 0 Å². The van der Waals surface area contributed by atoms with Crippen molar-refractivity contribution in [3.05, 3.63) is 0 Å². The van der Waals surface area contributed by atoms with Crippen LogP contribution in [0.25, 0.3) is 0 Å². The molecule has 1 atom stereocenters. The molecule has 0 aliphatic heterocycles. The Morgan fingerprint density at radius 2 is 1.06 bits per heavy atom. The van der Waals surface area contributed by atoms with Crippen LogP contribution in [-0.2, 0) is 0 Å². The Morgan fingerprint density at radius 1 is 0.529 bits per heavy atom. The largest absolute Gasteiger partial charge is 0.326 e. The van der Waals surface area contributed by atoms with Crippen LogP contribution in [0.3, 0.4) is 0 Å². The highest BCUT2D eigenvalue weighted by atomic mass is 15.3. The highest BCUT2D eigenvalue weighted by molar-refractivity contribution is 4.46. The van der Waals surface area contributed by atoms with Gasteiger partial charge in [-0.1, -0.05) is 52.9 Å². The van der Waals surface area contributed by atoms with E-state index in [4.69, 9.17) is 0 Å². The first-order valence-corrected chi connectivity index (χ1v) is 8.02. The van der Waals surface area contributed by atoms with E-state index in [9.17, 15) is 0 Å². The maximum absolute atomic E-state index is 2.46. The van der Waals surface area contributed by atoms with Gasteiger partial charge in [-0.05, 0) is 25.7 Å². The topological polar surface area (TPSA) is 0 Å². The third kappa shape index (κ3) is 9.64. The monoisotopic (exact) mass is 242 g/mol. The molecular formula is C16H36N+. The molecule has 0 heterocycles. The molecule has 0 fully saturated rings. The molecule has 0 aliphatic rings. The zero-order chi connectivity index (χ0) is 13.0. The number of hydrogen-bond donors (Lipinski definition) is 0. The summed E-state index contributed by atoms with van der Waals surface area (Å²) in [6, 6.07) is 0. The van der Waals surface area contributed by atoms with E-state index in [2.05, 4.69) is 27.8 Å². The fourth-order valence-corrected chi connectivity index (χ4v) is 2.69. The third-order valence-corrected chi connectivity index (χ3v) is 3.87. The molecule has 0 bridgehead atoms. The number of unbranched alkanes of at least 4 members (excludes halogenated alkanes) is 6. The van der Waals surface area contributed by atoms with E-state index >= 15 is 0 Å². The van der Waals surface area contributed by atoms with Crippen LogP contribution in [0.5, 0.6) is 0 Å². The van der Waals surface area contributed by atoms with E-state index in [-0.39, 0.29) is 0 Å². The minimum Gasteiger partial charge on any atom is -0.326 e. The normalized spacial score (nSPS) is 14.8. The van der Waals surface area contributed by atoms with Crippen LogP contribution < -0.4 is 0 Å². The van der Waals surface area contributed by atoms with Gasteiger partial charge >= 0.3 is 0 Å². The van der Waals surface area contributed by atoms with Gasteiger partial charge in [0, 0.05) is 0 Å². The molecule has 0 aromatic rings. The molecule has 0 aliphatic carbocycles. The smallest absolute Gasteiger partial charge is 0.0784 e. The Kier molecular flexibility index (Phi) is 11.0. The van der Waals surface area contributed by atoms with Crippen molar-refractivity contribution in [2.75, 3.05) is 26.7 Å². The second-order valence-electron chi connectivity index (χ2n) is 5.91. The van der Waals surface area contributed by atoms with Crippen molar-refractivity contribution in [3.63, 3.8) is 0 Å². The minimum absolute atomic E-state index is 1.32. The van der Waals surface area contributed by atoms with Crippen molar-refractivity contribution in [3.8, 4) is 0 Å². The summed E-state index contributed by atoms with van der Waals surface area (Å²) < 4.78 is 1.32. The van der Waals surface area contributed by atoms with Gasteiger partial charge in [0.05, 0.1) is 26.7 Å². The van der Waals surface area contributed by atoms with E-state index in [1.807, 2.05) is 0 Å². The van der Waals surface area contributed by atoms with Gasteiger partial charge in [0.1, 0.15) is 0 Å². The highest BCUT2D eigenvalue weighted by Gasteiger charge is 2.18. The summed E-state index contributed by atoms with van der Waals surface area (Å²) in [4.78, 5) is 0. The van der Waals surface area contributed by atoms with Gasteiger partial charge in [0.2, 0.25) is 0 Å². The second-order valence-corrected chi connectivity index (χ2v) is 5.91. The van der Waals surface area contributed by atoms with Gasteiger partial charge in [0.15, 0.2) is 0 Å². The van der Waals surface area contributed by atoms with Crippen molar-refractivity contribution < 1.29 is 4.48 Å². The Balaban J connectivity index is 3.68. The van der Waals surface area contributed by atoms with Crippen LogP contribution in [0.4, 0.5) is 0 Å². The van der Waals surface area contributed by atoms with E-state index < -0.39 is 0 Å². The lowest BCUT2D eigenvalue weighted by Gasteiger charge is -2.34. The van der Waals surface area contributed by atoms with Crippen LogP contribution in [-0.4, -0.2) is 31.2 Å². The fraction of sp³-hybridized carbons (Fsp3) is 1.00. The van der Waals surface area contributed by atoms with Gasteiger partial charge in [0.25, 0.3) is 0 Å². The molecule has 104 valence electrons. The van der Waals surface area contributed by atoms with Gasteiger partial charge in [-0.15, -0.1) is 0 Å². The summed E-state index contributed by atoms with van der Waals surface area (Å²) in [6.07, 6.45) is 12.6. The average Bonchev–Trinajstić information content (AvgIpc) is 2.32. The molecule has 0 aromatic heterocycles. The maximum Gasteiger partial charge on any atom is 0.0784 e. The lowest BCUT2D eigenvalue weighted by molar-refractivity contribution is -0.910. The molecule has 0 saturated carbocycles. The van der Waals surface area contributed by atoms with Crippen LogP contribution in [0.15, 0.2) is 0 Å². The molecule has 0 N–H and O–H groups in total. The first-order chi connectivity index (χ1) is 8.18. The summed E-state index contributed by atoms with van der Waals surface area (Å²) in [5, 5.41) is 0. The molecule has 0 aromatic carbocycles. The number of nitrogens with zero attached hydrogens (tertiary/aromatic N) is 1. The standard InChI is InChI=1S/C16H36N/c1-5-8-10-11-12-13-16-17(4,14-7-3)15-9-6-2/h5-16H2,1-4H3/q+1. The number of hydrogen-bond acceptors (Lipinski definition) is 0. The molecule has 1 heteroatoms. The summed E-state index contributed by atoms with van der Waals surface area (Å²) in [6.45, 7) is 11.1. The third-order valence-electron chi connectivity index (χ3n) is 3.87. The van der Waals surface area contributed by atoms with Crippen molar-refractivity contribution in [1.82, 2.24) is 0 Å². The number of rotatable bonds is 12.